The Hall–Kier alpha value is -3.59. The second-order valence-electron chi connectivity index (χ2n) is 8.84. The summed E-state index contributed by atoms with van der Waals surface area (Å²) in [6.45, 7) is 6.33. The summed E-state index contributed by atoms with van der Waals surface area (Å²) in [5, 5.41) is 17.8. The van der Waals surface area contributed by atoms with Crippen LogP contribution in [0.15, 0.2) is 34.0 Å². The van der Waals surface area contributed by atoms with E-state index in [2.05, 4.69) is 20.8 Å². The number of rotatable bonds is 11. The number of thioether (sulfide) groups is 2. The van der Waals surface area contributed by atoms with Gasteiger partial charge in [0.2, 0.25) is 13.0 Å². The van der Waals surface area contributed by atoms with Crippen LogP contribution >= 0.6 is 23.5 Å². The van der Waals surface area contributed by atoms with Crippen molar-refractivity contribution in [3.05, 3.63) is 34.5 Å². The molecule has 0 radical (unpaired) electrons. The summed E-state index contributed by atoms with van der Waals surface area (Å²) in [7, 11) is 0. The van der Waals surface area contributed by atoms with Crippen molar-refractivity contribution >= 4 is 65.2 Å². The number of carbonyl (C=O) groups is 5. The van der Waals surface area contributed by atoms with Crippen molar-refractivity contribution < 1.29 is 38.7 Å². The van der Waals surface area contributed by atoms with Crippen LogP contribution < -0.4 is 10.6 Å². The number of hydrogen-bond donors (Lipinski definition) is 3. The van der Waals surface area contributed by atoms with E-state index < -0.39 is 47.4 Å². The molecule has 15 heteroatoms. The maximum Gasteiger partial charge on any atom is 0.353 e. The highest BCUT2D eigenvalue weighted by molar-refractivity contribution is 8.06. The van der Waals surface area contributed by atoms with Crippen LogP contribution in [0.25, 0.3) is 0 Å². The Morgan fingerprint density at radius 3 is 2.71 bits per heavy atom. The molecule has 2 aliphatic heterocycles. The fourth-order valence-electron chi connectivity index (χ4n) is 3.52. The number of aliphatic carboxylic acids is 1. The molecule has 3 heterocycles. The van der Waals surface area contributed by atoms with Gasteiger partial charge in [0.1, 0.15) is 34.2 Å². The van der Waals surface area contributed by atoms with E-state index >= 15 is 0 Å². The number of hydrogen-bond acceptors (Lipinski definition) is 11. The van der Waals surface area contributed by atoms with E-state index in [1.54, 1.807) is 20.8 Å². The molecule has 0 aromatic carbocycles. The highest BCUT2D eigenvalue weighted by atomic mass is 32.2. The topological polar surface area (TPSA) is 177 Å². The summed E-state index contributed by atoms with van der Waals surface area (Å²) in [6, 6.07) is 3.39. The molecule has 38 heavy (non-hydrogen) atoms. The van der Waals surface area contributed by atoms with Crippen LogP contribution in [-0.4, -0.2) is 86.0 Å². The monoisotopic (exact) mass is 565 g/mol. The normalized spacial score (nSPS) is 19.2. The zero-order valence-corrected chi connectivity index (χ0v) is 22.7. The molecule has 1 unspecified atom stereocenters. The molecule has 0 saturated carbocycles. The van der Waals surface area contributed by atoms with Gasteiger partial charge in [-0.1, -0.05) is 18.1 Å². The molecule has 1 saturated heterocycles. The number of anilines is 1. The van der Waals surface area contributed by atoms with Crippen molar-refractivity contribution in [2.45, 2.75) is 44.7 Å². The SMILES string of the molecule is CCSC1=C(C(=O)O)N2C(=O)C(NC(=O)C(=NOCC(=O)OC(C)(C)C)c3cccc(NC=O)n3)[C@@H]2SC1. The summed E-state index contributed by atoms with van der Waals surface area (Å²) in [5.41, 5.74) is -1.22. The molecule has 0 aliphatic carbocycles. The lowest BCUT2D eigenvalue weighted by molar-refractivity contribution is -0.160. The zero-order valence-electron chi connectivity index (χ0n) is 21.0. The van der Waals surface area contributed by atoms with Gasteiger partial charge in [-0.2, -0.15) is 0 Å². The van der Waals surface area contributed by atoms with Gasteiger partial charge < -0.3 is 25.3 Å². The Bertz CT molecular complexity index is 1200. The minimum Gasteiger partial charge on any atom is -0.477 e. The van der Waals surface area contributed by atoms with Gasteiger partial charge in [-0.15, -0.1) is 23.5 Å². The average molecular weight is 566 g/mol. The Labute approximate surface area is 226 Å². The van der Waals surface area contributed by atoms with Crippen LogP contribution in [0.5, 0.6) is 0 Å². The molecule has 1 fully saturated rings. The number of pyridine rings is 1. The fraction of sp³-hybridized carbons (Fsp3) is 0.435. The quantitative estimate of drug-likeness (QED) is 0.115. The minimum atomic E-state index is -1.22. The predicted octanol–water partition coefficient (Wildman–Crippen LogP) is 1.16. The molecule has 3 amide bonds. The van der Waals surface area contributed by atoms with Gasteiger partial charge in [-0.05, 0) is 38.7 Å². The molecule has 13 nitrogen and oxygen atoms in total. The van der Waals surface area contributed by atoms with E-state index in [-0.39, 0.29) is 22.9 Å². The third kappa shape index (κ3) is 6.83. The third-order valence-corrected chi connectivity index (χ3v) is 7.35. The van der Waals surface area contributed by atoms with Crippen LogP contribution in [-0.2, 0) is 33.5 Å². The standard InChI is InChI=1S/C23H27N5O8S2/c1-5-37-13-10-38-21-17(20(32)28(21)18(13)22(33)34)26-19(31)16(12-7-6-8-14(25-12)24-11-29)27-35-9-15(30)36-23(2,3)4/h6-8,11,17,21H,5,9-10H2,1-4H3,(H,26,31)(H,33,34)(H,24,25,29)/t17?,21-/m0/s1. The molecule has 0 spiro atoms. The number of ether oxygens (including phenoxy) is 1. The Morgan fingerprint density at radius 2 is 2.08 bits per heavy atom. The predicted molar refractivity (Wildman–Crippen MR) is 140 cm³/mol. The zero-order chi connectivity index (χ0) is 28.0. The first-order valence-electron chi connectivity index (χ1n) is 11.4. The number of carboxylic acids is 1. The minimum absolute atomic E-state index is 0.00813. The van der Waals surface area contributed by atoms with Gasteiger partial charge in [0, 0.05) is 10.7 Å². The second-order valence-corrected chi connectivity index (χ2v) is 11.3. The molecule has 3 rings (SSSR count). The van der Waals surface area contributed by atoms with E-state index in [0.29, 0.717) is 22.8 Å². The van der Waals surface area contributed by atoms with Crippen LogP contribution in [0.4, 0.5) is 5.82 Å². The maximum atomic E-state index is 13.2. The van der Waals surface area contributed by atoms with Crippen LogP contribution in [0.2, 0.25) is 0 Å². The fourth-order valence-corrected chi connectivity index (χ4v) is 5.92. The molecule has 1 aromatic rings. The molecule has 0 bridgehead atoms. The third-order valence-electron chi connectivity index (χ3n) is 4.91. The number of fused-ring (bicyclic) bond motifs is 1. The average Bonchev–Trinajstić information content (AvgIpc) is 2.84. The van der Waals surface area contributed by atoms with Crippen molar-refractivity contribution in [2.24, 2.45) is 5.16 Å². The number of β-lactam (4-membered cyclic amide) rings is 1. The Balaban J connectivity index is 1.82. The van der Waals surface area contributed by atoms with Crippen molar-refractivity contribution in [2.75, 3.05) is 23.4 Å². The first-order valence-corrected chi connectivity index (χ1v) is 13.4. The number of nitrogens with one attached hydrogen (secondary N) is 2. The lowest BCUT2D eigenvalue weighted by Crippen LogP contribution is -2.71. The number of nitrogens with zero attached hydrogens (tertiary/aromatic N) is 3. The lowest BCUT2D eigenvalue weighted by atomic mass is 10.0. The summed E-state index contributed by atoms with van der Waals surface area (Å²) in [5.74, 6) is -2.22. The maximum absolute atomic E-state index is 13.2. The van der Waals surface area contributed by atoms with E-state index in [9.17, 15) is 29.1 Å². The van der Waals surface area contributed by atoms with Gasteiger partial charge in [-0.25, -0.2) is 14.6 Å². The Morgan fingerprint density at radius 1 is 1.34 bits per heavy atom. The number of carbonyl (C=O) groups excluding carboxylic acids is 4. The molecule has 2 atom stereocenters. The van der Waals surface area contributed by atoms with Crippen LogP contribution in [0.1, 0.15) is 33.4 Å². The molecule has 1 aromatic heterocycles. The highest BCUT2D eigenvalue weighted by Crippen LogP contribution is 2.43. The number of carboxylic acid groups (broad SMARTS) is 1. The van der Waals surface area contributed by atoms with E-state index in [1.165, 1.54) is 46.6 Å². The molecular weight excluding hydrogens is 538 g/mol. The van der Waals surface area contributed by atoms with Crippen LogP contribution in [0, 0.1) is 0 Å². The van der Waals surface area contributed by atoms with Crippen LogP contribution in [0.3, 0.4) is 0 Å². The van der Waals surface area contributed by atoms with Gasteiger partial charge in [0.25, 0.3) is 11.8 Å². The van der Waals surface area contributed by atoms with E-state index in [1.807, 2.05) is 6.92 Å². The molecular formula is C23H27N5O8S2. The smallest absolute Gasteiger partial charge is 0.353 e. The first-order chi connectivity index (χ1) is 18.0. The Kier molecular flexibility index (Phi) is 9.38. The van der Waals surface area contributed by atoms with Gasteiger partial charge in [0.05, 0.1) is 0 Å². The summed E-state index contributed by atoms with van der Waals surface area (Å²) >= 11 is 2.68. The summed E-state index contributed by atoms with van der Waals surface area (Å²) in [4.78, 5) is 71.8. The first kappa shape index (κ1) is 29.0. The highest BCUT2D eigenvalue weighted by Gasteiger charge is 2.54. The van der Waals surface area contributed by atoms with Gasteiger partial charge in [0.15, 0.2) is 5.71 Å². The molecule has 3 N–H and O–H groups in total. The summed E-state index contributed by atoms with van der Waals surface area (Å²) in [6.07, 6.45) is 0.405. The molecule has 204 valence electrons. The lowest BCUT2D eigenvalue weighted by Gasteiger charge is -2.49. The number of amides is 3. The van der Waals surface area contributed by atoms with Crippen molar-refractivity contribution in [3.8, 4) is 0 Å². The summed E-state index contributed by atoms with van der Waals surface area (Å²) < 4.78 is 5.15. The second kappa shape index (κ2) is 12.3. The van der Waals surface area contributed by atoms with Crippen molar-refractivity contribution in [1.82, 2.24) is 15.2 Å². The number of esters is 1. The number of oxime groups is 1. The van der Waals surface area contributed by atoms with Crippen molar-refractivity contribution in [3.63, 3.8) is 0 Å². The van der Waals surface area contributed by atoms with Crippen molar-refractivity contribution in [1.29, 1.82) is 0 Å². The van der Waals surface area contributed by atoms with Gasteiger partial charge >= 0.3 is 11.9 Å². The van der Waals surface area contributed by atoms with Gasteiger partial charge in [-0.3, -0.25) is 19.3 Å². The molecule has 2 aliphatic rings. The van der Waals surface area contributed by atoms with E-state index in [4.69, 9.17) is 9.57 Å². The van der Waals surface area contributed by atoms with E-state index in [0.717, 1.165) is 0 Å². The largest absolute Gasteiger partial charge is 0.477 e. The number of aromatic nitrogens is 1.